The lowest BCUT2D eigenvalue weighted by Gasteiger charge is -2.34. The zero-order valence-electron chi connectivity index (χ0n) is 9.50. The van der Waals surface area contributed by atoms with Crippen molar-refractivity contribution in [3.63, 3.8) is 0 Å². The molecule has 1 fully saturated rings. The maximum Gasteiger partial charge on any atom is 0.0746 e. The second-order valence-corrected chi connectivity index (χ2v) is 5.26. The number of halogens is 2. The van der Waals surface area contributed by atoms with Gasteiger partial charge in [0.05, 0.1) is 15.7 Å². The number of hydrogen-bond acceptors (Lipinski definition) is 3. The molecule has 0 unspecified atom stereocenters. The molecule has 2 rings (SSSR count). The summed E-state index contributed by atoms with van der Waals surface area (Å²) >= 11 is 12.4. The number of nitrogens with two attached hydrogens (primary N) is 1. The van der Waals surface area contributed by atoms with Crippen LogP contribution in [0.1, 0.15) is 12.8 Å². The van der Waals surface area contributed by atoms with Crippen LogP contribution in [-0.2, 0) is 0 Å². The van der Waals surface area contributed by atoms with Crippen LogP contribution in [0.15, 0.2) is 12.1 Å². The number of piperidine rings is 1. The molecule has 1 aliphatic heterocycles. The van der Waals surface area contributed by atoms with Gasteiger partial charge in [0.1, 0.15) is 0 Å². The molecule has 0 atom stereocenters. The molecule has 1 aromatic rings. The quantitative estimate of drug-likeness (QED) is 0.816. The molecule has 0 aromatic heterocycles. The van der Waals surface area contributed by atoms with E-state index in [2.05, 4.69) is 4.90 Å². The van der Waals surface area contributed by atoms with Gasteiger partial charge in [0.2, 0.25) is 0 Å². The molecule has 94 valence electrons. The molecule has 0 bridgehead atoms. The summed E-state index contributed by atoms with van der Waals surface area (Å²) in [7, 11) is 0. The second-order valence-electron chi connectivity index (χ2n) is 4.45. The van der Waals surface area contributed by atoms with E-state index in [0.717, 1.165) is 31.6 Å². The number of aliphatic hydroxyl groups excluding tert-OH is 1. The van der Waals surface area contributed by atoms with Gasteiger partial charge in [-0.1, -0.05) is 23.2 Å². The first-order chi connectivity index (χ1) is 8.11. The van der Waals surface area contributed by atoms with Crippen LogP contribution in [0.5, 0.6) is 0 Å². The van der Waals surface area contributed by atoms with Crippen LogP contribution in [0, 0.1) is 5.92 Å². The summed E-state index contributed by atoms with van der Waals surface area (Å²) in [5.41, 5.74) is 7.12. The van der Waals surface area contributed by atoms with Gasteiger partial charge >= 0.3 is 0 Å². The highest BCUT2D eigenvalue weighted by atomic mass is 35.5. The third kappa shape index (κ3) is 2.79. The lowest BCUT2D eigenvalue weighted by molar-refractivity contribution is 0.203. The van der Waals surface area contributed by atoms with E-state index in [4.69, 9.17) is 34.0 Å². The molecule has 0 saturated carbocycles. The van der Waals surface area contributed by atoms with Crippen molar-refractivity contribution in [3.05, 3.63) is 22.2 Å². The van der Waals surface area contributed by atoms with Gasteiger partial charge in [-0.15, -0.1) is 0 Å². The number of rotatable bonds is 2. The van der Waals surface area contributed by atoms with Gasteiger partial charge in [0.25, 0.3) is 0 Å². The molecule has 3 N–H and O–H groups in total. The Morgan fingerprint density at radius 1 is 1.24 bits per heavy atom. The van der Waals surface area contributed by atoms with Crippen LogP contribution in [0.2, 0.25) is 10.0 Å². The Balaban J connectivity index is 2.18. The summed E-state index contributed by atoms with van der Waals surface area (Å²) < 4.78 is 0. The van der Waals surface area contributed by atoms with E-state index >= 15 is 0 Å². The van der Waals surface area contributed by atoms with Gasteiger partial charge in [-0.3, -0.25) is 0 Å². The molecule has 3 nitrogen and oxygen atoms in total. The highest BCUT2D eigenvalue weighted by molar-refractivity contribution is 6.39. The van der Waals surface area contributed by atoms with Crippen LogP contribution >= 0.6 is 23.2 Å². The molecule has 1 aliphatic rings. The van der Waals surface area contributed by atoms with E-state index < -0.39 is 0 Å². The minimum absolute atomic E-state index is 0.261. The number of anilines is 2. The second kappa shape index (κ2) is 5.34. The highest BCUT2D eigenvalue weighted by Crippen LogP contribution is 2.37. The van der Waals surface area contributed by atoms with Gasteiger partial charge in [-0.25, -0.2) is 0 Å². The van der Waals surface area contributed by atoms with Crippen molar-refractivity contribution < 1.29 is 5.11 Å². The maximum atomic E-state index is 9.11. The molecule has 0 radical (unpaired) electrons. The monoisotopic (exact) mass is 274 g/mol. The first kappa shape index (κ1) is 12.8. The third-order valence-corrected chi connectivity index (χ3v) is 3.80. The topological polar surface area (TPSA) is 49.5 Å². The summed E-state index contributed by atoms with van der Waals surface area (Å²) in [6.07, 6.45) is 1.93. The van der Waals surface area contributed by atoms with Crippen LogP contribution in [0.25, 0.3) is 0 Å². The van der Waals surface area contributed by atoms with E-state index in [-0.39, 0.29) is 6.61 Å². The summed E-state index contributed by atoms with van der Waals surface area (Å²) in [6.45, 7) is 2.00. The molecule has 1 heterocycles. The first-order valence-corrected chi connectivity index (χ1v) is 6.47. The van der Waals surface area contributed by atoms with E-state index in [1.165, 1.54) is 0 Å². The van der Waals surface area contributed by atoms with Crippen molar-refractivity contribution in [3.8, 4) is 0 Å². The van der Waals surface area contributed by atoms with Crippen molar-refractivity contribution in [2.24, 2.45) is 5.92 Å². The lowest BCUT2D eigenvalue weighted by atomic mass is 9.97. The Morgan fingerprint density at radius 3 is 2.24 bits per heavy atom. The number of hydrogen-bond donors (Lipinski definition) is 2. The smallest absolute Gasteiger partial charge is 0.0746 e. The average Bonchev–Trinajstić information content (AvgIpc) is 2.28. The predicted octanol–water partition coefficient (Wildman–Crippen LogP) is 2.78. The van der Waals surface area contributed by atoms with Gasteiger partial charge in [0.15, 0.2) is 0 Å². The maximum absolute atomic E-state index is 9.11. The number of nitrogens with zero attached hydrogens (tertiary/aromatic N) is 1. The van der Waals surface area contributed by atoms with E-state index in [1.54, 1.807) is 12.1 Å². The first-order valence-electron chi connectivity index (χ1n) is 5.72. The van der Waals surface area contributed by atoms with Crippen molar-refractivity contribution in [2.45, 2.75) is 12.8 Å². The van der Waals surface area contributed by atoms with Crippen LogP contribution < -0.4 is 10.6 Å². The predicted molar refractivity (Wildman–Crippen MR) is 72.9 cm³/mol. The molecule has 0 amide bonds. The molecular weight excluding hydrogens is 259 g/mol. The fourth-order valence-electron chi connectivity index (χ4n) is 2.23. The Bertz CT molecular complexity index is 380. The normalized spacial score (nSPS) is 17.5. The molecule has 1 saturated heterocycles. The highest BCUT2D eigenvalue weighted by Gasteiger charge is 2.22. The van der Waals surface area contributed by atoms with Crippen molar-refractivity contribution >= 4 is 34.6 Å². The van der Waals surface area contributed by atoms with Crippen molar-refractivity contribution in [1.29, 1.82) is 0 Å². The van der Waals surface area contributed by atoms with E-state index in [1.807, 2.05) is 0 Å². The molecule has 17 heavy (non-hydrogen) atoms. The Labute approximate surface area is 111 Å². The molecule has 5 heteroatoms. The standard InChI is InChI=1S/C12H16Cl2N2O/c13-10-5-9(15)6-11(14)12(10)16-3-1-8(7-17)2-4-16/h5-6,8,17H,1-4,7,15H2. The minimum atomic E-state index is 0.261. The fourth-order valence-corrected chi connectivity index (χ4v) is 2.97. The number of aliphatic hydroxyl groups is 1. The fraction of sp³-hybridized carbons (Fsp3) is 0.500. The van der Waals surface area contributed by atoms with Crippen LogP contribution in [0.3, 0.4) is 0 Å². The largest absolute Gasteiger partial charge is 0.399 e. The van der Waals surface area contributed by atoms with Gasteiger partial charge in [-0.2, -0.15) is 0 Å². The molecular formula is C12H16Cl2N2O. The van der Waals surface area contributed by atoms with Crippen molar-refractivity contribution in [2.75, 3.05) is 30.3 Å². The van der Waals surface area contributed by atoms with Gasteiger partial charge in [-0.05, 0) is 30.9 Å². The Morgan fingerprint density at radius 2 is 1.76 bits per heavy atom. The van der Waals surface area contributed by atoms with Crippen LogP contribution in [0.4, 0.5) is 11.4 Å². The third-order valence-electron chi connectivity index (χ3n) is 3.23. The number of nitrogen functional groups attached to an aromatic ring is 1. The summed E-state index contributed by atoms with van der Waals surface area (Å²) in [6, 6.07) is 3.45. The lowest BCUT2D eigenvalue weighted by Crippen LogP contribution is -2.35. The zero-order chi connectivity index (χ0) is 12.4. The zero-order valence-corrected chi connectivity index (χ0v) is 11.0. The molecule has 0 aliphatic carbocycles. The minimum Gasteiger partial charge on any atom is -0.399 e. The van der Waals surface area contributed by atoms with Gasteiger partial charge in [0, 0.05) is 25.4 Å². The van der Waals surface area contributed by atoms with Crippen LogP contribution in [-0.4, -0.2) is 24.8 Å². The molecule has 0 spiro atoms. The number of benzene rings is 1. The Kier molecular flexibility index (Phi) is 4.02. The molecule has 1 aromatic carbocycles. The summed E-state index contributed by atoms with van der Waals surface area (Å²) in [5.74, 6) is 0.401. The SMILES string of the molecule is Nc1cc(Cl)c(N2CCC(CO)CC2)c(Cl)c1. The summed E-state index contributed by atoms with van der Waals surface area (Å²) in [5, 5.41) is 10.3. The summed E-state index contributed by atoms with van der Waals surface area (Å²) in [4.78, 5) is 2.16. The van der Waals surface area contributed by atoms with Crippen molar-refractivity contribution in [1.82, 2.24) is 0 Å². The van der Waals surface area contributed by atoms with E-state index in [9.17, 15) is 0 Å². The van der Waals surface area contributed by atoms with Gasteiger partial charge < -0.3 is 15.7 Å². The average molecular weight is 275 g/mol. The van der Waals surface area contributed by atoms with E-state index in [0.29, 0.717) is 21.7 Å². The Hall–Kier alpha value is -0.640.